The monoisotopic (exact) mass is 250 g/mol. The van der Waals surface area contributed by atoms with Crippen molar-refractivity contribution in [1.29, 1.82) is 0 Å². The van der Waals surface area contributed by atoms with E-state index in [4.69, 9.17) is 5.11 Å². The molecule has 1 fully saturated rings. The predicted octanol–water partition coefficient (Wildman–Crippen LogP) is 0.912. The zero-order valence-electron chi connectivity index (χ0n) is 10.2. The maximum atomic E-state index is 10.8. The van der Waals surface area contributed by atoms with Gasteiger partial charge in [-0.2, -0.15) is 0 Å². The summed E-state index contributed by atoms with van der Waals surface area (Å²) in [7, 11) is 0. The highest BCUT2D eigenvalue weighted by Gasteiger charge is 2.25. The first kappa shape index (κ1) is 13.0. The minimum Gasteiger partial charge on any atom is -0.481 e. The highest BCUT2D eigenvalue weighted by atomic mass is 16.4. The molecule has 0 saturated carbocycles. The number of nitrogens with zero attached hydrogens (tertiary/aromatic N) is 2. The van der Waals surface area contributed by atoms with Gasteiger partial charge in [0.15, 0.2) is 0 Å². The van der Waals surface area contributed by atoms with E-state index in [1.165, 1.54) is 0 Å². The lowest BCUT2D eigenvalue weighted by molar-refractivity contribution is -0.143. The molecule has 2 N–H and O–H groups in total. The highest BCUT2D eigenvalue weighted by molar-refractivity contribution is 5.70. The number of aliphatic hydroxyl groups is 1. The second-order valence-electron chi connectivity index (χ2n) is 4.68. The van der Waals surface area contributed by atoms with Crippen molar-refractivity contribution in [3.8, 4) is 0 Å². The highest BCUT2D eigenvalue weighted by Crippen LogP contribution is 2.19. The smallest absolute Gasteiger partial charge is 0.306 e. The second kappa shape index (κ2) is 5.93. The molecular weight excluding hydrogens is 232 g/mol. The Bertz CT molecular complexity index is 388. The third kappa shape index (κ3) is 3.27. The number of pyridine rings is 1. The van der Waals surface area contributed by atoms with Crippen molar-refractivity contribution >= 4 is 5.97 Å². The predicted molar refractivity (Wildman–Crippen MR) is 66.0 cm³/mol. The molecule has 5 heteroatoms. The molecule has 98 valence electrons. The number of carboxylic acid groups (broad SMARTS) is 1. The maximum absolute atomic E-state index is 10.8. The fourth-order valence-electron chi connectivity index (χ4n) is 2.27. The maximum Gasteiger partial charge on any atom is 0.306 e. The molecule has 0 aliphatic carbocycles. The van der Waals surface area contributed by atoms with Crippen molar-refractivity contribution in [3.63, 3.8) is 0 Å². The minimum atomic E-state index is -0.708. The van der Waals surface area contributed by atoms with Crippen molar-refractivity contribution in [3.05, 3.63) is 30.1 Å². The Kier molecular flexibility index (Phi) is 4.28. The van der Waals surface area contributed by atoms with Crippen molar-refractivity contribution in [2.75, 3.05) is 19.6 Å². The molecule has 1 unspecified atom stereocenters. The first-order valence-corrected chi connectivity index (χ1v) is 6.21. The van der Waals surface area contributed by atoms with Crippen LogP contribution in [0.3, 0.4) is 0 Å². The van der Waals surface area contributed by atoms with Gasteiger partial charge in [0.2, 0.25) is 0 Å². The van der Waals surface area contributed by atoms with Gasteiger partial charge >= 0.3 is 5.97 Å². The zero-order valence-corrected chi connectivity index (χ0v) is 10.2. The van der Waals surface area contributed by atoms with Crippen LogP contribution in [0.4, 0.5) is 0 Å². The molecule has 1 aromatic rings. The Morgan fingerprint density at radius 3 is 2.72 bits per heavy atom. The van der Waals surface area contributed by atoms with Crippen LogP contribution in [0.15, 0.2) is 24.4 Å². The molecule has 1 saturated heterocycles. The average molecular weight is 250 g/mol. The van der Waals surface area contributed by atoms with Gasteiger partial charge in [-0.25, -0.2) is 0 Å². The lowest BCUT2D eigenvalue weighted by atomic mass is 9.97. The largest absolute Gasteiger partial charge is 0.481 e. The van der Waals surface area contributed by atoms with Crippen LogP contribution in [-0.2, 0) is 4.79 Å². The van der Waals surface area contributed by atoms with Crippen LogP contribution in [0.2, 0.25) is 0 Å². The van der Waals surface area contributed by atoms with Gasteiger partial charge < -0.3 is 15.1 Å². The Morgan fingerprint density at radius 1 is 1.44 bits per heavy atom. The SMILES string of the molecule is O=C(O)C1CCN(CC(O)c2ccccn2)CC1. The number of rotatable bonds is 4. The van der Waals surface area contributed by atoms with Crippen molar-refractivity contribution < 1.29 is 15.0 Å². The molecule has 0 aromatic carbocycles. The Balaban J connectivity index is 1.83. The van der Waals surface area contributed by atoms with Crippen molar-refractivity contribution in [1.82, 2.24) is 9.88 Å². The van der Waals surface area contributed by atoms with Gasteiger partial charge in [-0.05, 0) is 38.1 Å². The van der Waals surface area contributed by atoms with Crippen LogP contribution in [0.25, 0.3) is 0 Å². The van der Waals surface area contributed by atoms with Gasteiger partial charge in [0.25, 0.3) is 0 Å². The summed E-state index contributed by atoms with van der Waals surface area (Å²) in [4.78, 5) is 17.0. The minimum absolute atomic E-state index is 0.228. The first-order chi connectivity index (χ1) is 8.66. The number of aliphatic carboxylic acids is 1. The fourth-order valence-corrected chi connectivity index (χ4v) is 2.27. The number of carboxylic acids is 1. The molecule has 1 aromatic heterocycles. The van der Waals surface area contributed by atoms with Crippen LogP contribution in [0, 0.1) is 5.92 Å². The van der Waals surface area contributed by atoms with Crippen LogP contribution >= 0.6 is 0 Å². The molecule has 2 heterocycles. The summed E-state index contributed by atoms with van der Waals surface area (Å²) >= 11 is 0. The van der Waals surface area contributed by atoms with E-state index in [0.717, 1.165) is 13.1 Å². The summed E-state index contributed by atoms with van der Waals surface area (Å²) < 4.78 is 0. The van der Waals surface area contributed by atoms with Gasteiger partial charge in [0.1, 0.15) is 6.10 Å². The Hall–Kier alpha value is -1.46. The molecule has 0 radical (unpaired) electrons. The van der Waals surface area contributed by atoms with E-state index >= 15 is 0 Å². The number of hydrogen-bond donors (Lipinski definition) is 2. The molecule has 5 nitrogen and oxygen atoms in total. The summed E-state index contributed by atoms with van der Waals surface area (Å²) in [6.45, 7) is 1.96. The van der Waals surface area contributed by atoms with Gasteiger partial charge in [0, 0.05) is 12.7 Å². The molecule has 1 aliphatic rings. The lowest BCUT2D eigenvalue weighted by Crippen LogP contribution is -2.38. The first-order valence-electron chi connectivity index (χ1n) is 6.21. The topological polar surface area (TPSA) is 73.7 Å². The quantitative estimate of drug-likeness (QED) is 0.831. The third-order valence-electron chi connectivity index (χ3n) is 3.40. The van der Waals surface area contributed by atoms with E-state index in [9.17, 15) is 9.90 Å². The molecule has 0 spiro atoms. The summed E-state index contributed by atoms with van der Waals surface area (Å²) in [5.41, 5.74) is 0.665. The summed E-state index contributed by atoms with van der Waals surface area (Å²) in [6.07, 6.45) is 2.37. The number of hydrogen-bond acceptors (Lipinski definition) is 4. The van der Waals surface area contributed by atoms with Crippen LogP contribution in [0.1, 0.15) is 24.6 Å². The molecule has 0 amide bonds. The van der Waals surface area contributed by atoms with Crippen molar-refractivity contribution in [2.24, 2.45) is 5.92 Å². The zero-order chi connectivity index (χ0) is 13.0. The van der Waals surface area contributed by atoms with Crippen LogP contribution < -0.4 is 0 Å². The third-order valence-corrected chi connectivity index (χ3v) is 3.40. The molecule has 1 aliphatic heterocycles. The molecule has 0 bridgehead atoms. The number of piperidine rings is 1. The van der Waals surface area contributed by atoms with E-state index in [0.29, 0.717) is 25.1 Å². The van der Waals surface area contributed by atoms with Gasteiger partial charge in [0.05, 0.1) is 11.6 Å². The normalized spacial score (nSPS) is 19.6. The average Bonchev–Trinajstić information content (AvgIpc) is 2.40. The Morgan fingerprint density at radius 2 is 2.17 bits per heavy atom. The Labute approximate surface area is 106 Å². The van der Waals surface area contributed by atoms with Gasteiger partial charge in [-0.1, -0.05) is 6.07 Å². The number of β-amino-alcohol motifs (C(OH)–C–C–N with tert-alkyl or cyclic N) is 1. The lowest BCUT2D eigenvalue weighted by Gasteiger charge is -2.31. The van der Waals surface area contributed by atoms with E-state index in [2.05, 4.69) is 9.88 Å². The summed E-state index contributed by atoms with van der Waals surface area (Å²) in [5, 5.41) is 18.9. The van der Waals surface area contributed by atoms with E-state index in [1.54, 1.807) is 12.3 Å². The number of carbonyl (C=O) groups is 1. The molecular formula is C13H18N2O3. The van der Waals surface area contributed by atoms with Crippen LogP contribution in [0.5, 0.6) is 0 Å². The van der Waals surface area contributed by atoms with Crippen molar-refractivity contribution in [2.45, 2.75) is 18.9 Å². The van der Waals surface area contributed by atoms with Crippen LogP contribution in [-0.4, -0.2) is 45.7 Å². The molecule has 2 rings (SSSR count). The van der Waals surface area contributed by atoms with E-state index < -0.39 is 12.1 Å². The second-order valence-corrected chi connectivity index (χ2v) is 4.68. The molecule has 1 atom stereocenters. The van der Waals surface area contributed by atoms with Gasteiger partial charge in [-0.15, -0.1) is 0 Å². The van der Waals surface area contributed by atoms with E-state index in [-0.39, 0.29) is 5.92 Å². The fraction of sp³-hybridized carbons (Fsp3) is 0.538. The number of likely N-dealkylation sites (tertiary alicyclic amines) is 1. The summed E-state index contributed by atoms with van der Waals surface area (Å²) in [6, 6.07) is 5.46. The summed E-state index contributed by atoms with van der Waals surface area (Å²) in [5.74, 6) is -0.937. The standard InChI is InChI=1S/C13H18N2O3/c16-12(11-3-1-2-6-14-11)9-15-7-4-10(5-8-15)13(17)18/h1-3,6,10,12,16H,4-5,7-9H2,(H,17,18). The molecule has 18 heavy (non-hydrogen) atoms. The van der Waals surface area contributed by atoms with Gasteiger partial charge in [-0.3, -0.25) is 9.78 Å². The number of aromatic nitrogens is 1. The number of aliphatic hydroxyl groups excluding tert-OH is 1. The van der Waals surface area contributed by atoms with E-state index in [1.807, 2.05) is 12.1 Å².